The Morgan fingerprint density at radius 2 is 1.40 bits per heavy atom. The second-order valence-electron chi connectivity index (χ2n) is 14.3. The van der Waals surface area contributed by atoms with Gasteiger partial charge in [-0.2, -0.15) is 0 Å². The van der Waals surface area contributed by atoms with Crippen LogP contribution in [0.4, 0.5) is 0 Å². The van der Waals surface area contributed by atoms with E-state index in [4.69, 9.17) is 10.5 Å². The van der Waals surface area contributed by atoms with E-state index in [0.29, 0.717) is 25.7 Å². The number of rotatable bonds is 15. The molecule has 5 amide bonds. The van der Waals surface area contributed by atoms with Gasteiger partial charge in [0.1, 0.15) is 36.8 Å². The summed E-state index contributed by atoms with van der Waals surface area (Å²) in [4.78, 5) is 82.2. The molecule has 50 heavy (non-hydrogen) atoms. The van der Waals surface area contributed by atoms with Crippen molar-refractivity contribution in [2.75, 3.05) is 20.1 Å². The standard InChI is InChI=1S/C36H66N6O8/c1-9-11-12-13-14-15-16-17-18-28-24(6)36(49)42(8)27(19-22(3)4)33(46)40-30(23(5)10-2)35(48)39-26(20-37)32(45)41-31(25(7)43)34(47)38-21-29(44)50-28/h22-28,30-31,43H,9-21,37H2,1-8H3,(H,38,47)(H,39,48)(H,40,46)(H,41,45)/t23-,24+,25-,26-,27-,28+,30-,31-/m0/s1. The van der Waals surface area contributed by atoms with E-state index in [2.05, 4.69) is 28.2 Å². The van der Waals surface area contributed by atoms with Crippen LogP contribution < -0.4 is 27.0 Å². The topological polar surface area (TPSA) is 209 Å². The minimum atomic E-state index is -1.48. The monoisotopic (exact) mass is 710 g/mol. The van der Waals surface area contributed by atoms with Crippen LogP contribution >= 0.6 is 0 Å². The van der Waals surface area contributed by atoms with Crippen LogP contribution in [0, 0.1) is 17.8 Å². The van der Waals surface area contributed by atoms with Crippen LogP contribution in [-0.2, 0) is 33.5 Å². The van der Waals surface area contributed by atoms with Gasteiger partial charge in [0.05, 0.1) is 12.0 Å². The molecule has 1 saturated heterocycles. The average Bonchev–Trinajstić information content (AvgIpc) is 3.07. The van der Waals surface area contributed by atoms with Gasteiger partial charge in [-0.1, -0.05) is 92.9 Å². The predicted octanol–water partition coefficient (Wildman–Crippen LogP) is 1.91. The van der Waals surface area contributed by atoms with Crippen LogP contribution in [0.25, 0.3) is 0 Å². The second kappa shape index (κ2) is 23.3. The van der Waals surface area contributed by atoms with Crippen LogP contribution in [0.15, 0.2) is 0 Å². The Balaban J connectivity index is 3.50. The van der Waals surface area contributed by atoms with Crippen molar-refractivity contribution in [1.29, 1.82) is 0 Å². The Morgan fingerprint density at radius 1 is 0.820 bits per heavy atom. The third-order valence-corrected chi connectivity index (χ3v) is 9.52. The first-order valence-corrected chi connectivity index (χ1v) is 18.6. The number of aliphatic hydroxyl groups excluding tert-OH is 1. The Labute approximate surface area is 299 Å². The maximum Gasteiger partial charge on any atom is 0.325 e. The van der Waals surface area contributed by atoms with E-state index in [1.165, 1.54) is 38.1 Å². The number of nitrogens with two attached hydrogens (primary N) is 1. The number of ether oxygens (including phenoxy) is 1. The summed E-state index contributed by atoms with van der Waals surface area (Å²) in [6, 6.07) is -4.79. The zero-order valence-corrected chi connectivity index (χ0v) is 31.7. The molecule has 0 saturated carbocycles. The van der Waals surface area contributed by atoms with Crippen molar-refractivity contribution in [1.82, 2.24) is 26.2 Å². The van der Waals surface area contributed by atoms with E-state index in [0.717, 1.165) is 25.7 Å². The normalized spacial score (nSPS) is 26.5. The van der Waals surface area contributed by atoms with E-state index >= 15 is 0 Å². The number of likely N-dealkylation sites (N-methyl/N-ethyl adjacent to an activating group) is 1. The summed E-state index contributed by atoms with van der Waals surface area (Å²) >= 11 is 0. The molecule has 1 heterocycles. The van der Waals surface area contributed by atoms with Gasteiger partial charge in [0.25, 0.3) is 0 Å². The lowest BCUT2D eigenvalue weighted by Crippen LogP contribution is -2.62. The zero-order valence-electron chi connectivity index (χ0n) is 31.7. The number of carbonyl (C=O) groups excluding carboxylic acids is 6. The maximum atomic E-state index is 14.0. The fourth-order valence-electron chi connectivity index (χ4n) is 5.99. The van der Waals surface area contributed by atoms with Crippen molar-refractivity contribution in [2.45, 2.75) is 155 Å². The van der Waals surface area contributed by atoms with Gasteiger partial charge in [-0.05, 0) is 38.0 Å². The summed E-state index contributed by atoms with van der Waals surface area (Å²) in [6.07, 6.45) is 7.46. The quantitative estimate of drug-likeness (QED) is 0.108. The molecule has 14 nitrogen and oxygen atoms in total. The smallest absolute Gasteiger partial charge is 0.325 e. The number of esters is 1. The first kappa shape index (κ1) is 44.8. The predicted molar refractivity (Wildman–Crippen MR) is 191 cm³/mol. The molecule has 0 bridgehead atoms. The number of nitrogens with one attached hydrogen (secondary N) is 4. The summed E-state index contributed by atoms with van der Waals surface area (Å²) in [6.45, 7) is 11.7. The molecule has 0 radical (unpaired) electrons. The van der Waals surface area contributed by atoms with E-state index in [1.54, 1.807) is 13.8 Å². The van der Waals surface area contributed by atoms with Gasteiger partial charge in [-0.3, -0.25) is 28.8 Å². The third kappa shape index (κ3) is 14.9. The highest BCUT2D eigenvalue weighted by molar-refractivity contribution is 5.96. The lowest BCUT2D eigenvalue weighted by atomic mass is 9.94. The molecule has 0 spiro atoms. The highest BCUT2D eigenvalue weighted by Gasteiger charge is 2.38. The van der Waals surface area contributed by atoms with Gasteiger partial charge in [-0.15, -0.1) is 0 Å². The van der Waals surface area contributed by atoms with Crippen LogP contribution in [0.5, 0.6) is 0 Å². The van der Waals surface area contributed by atoms with Gasteiger partial charge in [0.15, 0.2) is 0 Å². The second-order valence-corrected chi connectivity index (χ2v) is 14.3. The Kier molecular flexibility index (Phi) is 20.8. The Morgan fingerprint density at radius 3 is 1.94 bits per heavy atom. The number of cyclic esters (lactones) is 1. The lowest BCUT2D eigenvalue weighted by molar-refractivity contribution is -0.157. The first-order chi connectivity index (χ1) is 23.6. The molecule has 0 aliphatic carbocycles. The van der Waals surface area contributed by atoms with Gasteiger partial charge >= 0.3 is 5.97 Å². The van der Waals surface area contributed by atoms with E-state index in [-0.39, 0.29) is 18.4 Å². The molecule has 7 N–H and O–H groups in total. The maximum absolute atomic E-state index is 14.0. The molecule has 0 aromatic heterocycles. The summed E-state index contributed by atoms with van der Waals surface area (Å²) in [5.74, 6) is -5.25. The Bertz CT molecular complexity index is 1100. The highest BCUT2D eigenvalue weighted by atomic mass is 16.5. The van der Waals surface area contributed by atoms with Crippen LogP contribution in [-0.4, -0.2) is 102 Å². The van der Waals surface area contributed by atoms with Crippen LogP contribution in [0.1, 0.15) is 119 Å². The van der Waals surface area contributed by atoms with Crippen molar-refractivity contribution in [2.24, 2.45) is 23.5 Å². The molecule has 14 heteroatoms. The molecule has 0 aromatic carbocycles. The van der Waals surface area contributed by atoms with Gasteiger partial charge in [-0.25, -0.2) is 0 Å². The summed E-state index contributed by atoms with van der Waals surface area (Å²) in [5.41, 5.74) is 5.83. The lowest BCUT2D eigenvalue weighted by Gasteiger charge is -2.34. The molecule has 1 aliphatic rings. The molecule has 1 fully saturated rings. The zero-order chi connectivity index (χ0) is 38.0. The highest BCUT2D eigenvalue weighted by Crippen LogP contribution is 2.22. The molecule has 1 rings (SSSR count). The van der Waals surface area contributed by atoms with Crippen molar-refractivity contribution in [3.05, 3.63) is 0 Å². The number of carbonyl (C=O) groups is 6. The molecule has 0 aromatic rings. The average molecular weight is 711 g/mol. The fraction of sp³-hybridized carbons (Fsp3) is 0.833. The van der Waals surface area contributed by atoms with E-state index in [1.807, 2.05) is 20.8 Å². The minimum absolute atomic E-state index is 0.00975. The molecule has 288 valence electrons. The summed E-state index contributed by atoms with van der Waals surface area (Å²) in [7, 11) is 1.53. The van der Waals surface area contributed by atoms with Crippen LogP contribution in [0.3, 0.4) is 0 Å². The van der Waals surface area contributed by atoms with Gasteiger partial charge in [0.2, 0.25) is 29.5 Å². The van der Waals surface area contributed by atoms with Crippen LogP contribution in [0.2, 0.25) is 0 Å². The van der Waals surface area contributed by atoms with Crippen molar-refractivity contribution in [3.63, 3.8) is 0 Å². The molecular formula is C36H66N6O8. The largest absolute Gasteiger partial charge is 0.460 e. The number of amides is 5. The van der Waals surface area contributed by atoms with Gasteiger partial charge < -0.3 is 41.7 Å². The third-order valence-electron chi connectivity index (χ3n) is 9.52. The number of hydrogen-bond donors (Lipinski definition) is 6. The van der Waals surface area contributed by atoms with Crippen molar-refractivity contribution < 1.29 is 38.6 Å². The molecule has 0 unspecified atom stereocenters. The number of nitrogens with zero attached hydrogens (tertiary/aromatic N) is 1. The fourth-order valence-corrected chi connectivity index (χ4v) is 5.99. The Hall–Kier alpha value is -3.26. The number of hydrogen-bond acceptors (Lipinski definition) is 9. The van der Waals surface area contributed by atoms with E-state index < -0.39 is 84.3 Å². The number of aliphatic hydroxyl groups is 1. The molecule has 8 atom stereocenters. The summed E-state index contributed by atoms with van der Waals surface area (Å²) < 4.78 is 5.80. The van der Waals surface area contributed by atoms with Crippen molar-refractivity contribution >= 4 is 35.5 Å². The minimum Gasteiger partial charge on any atom is -0.460 e. The van der Waals surface area contributed by atoms with Gasteiger partial charge in [0, 0.05) is 13.6 Å². The van der Waals surface area contributed by atoms with E-state index in [9.17, 15) is 33.9 Å². The SMILES string of the molecule is CCCCCCCCCC[C@H]1OC(=O)CNC(=O)[C@H]([C@H](C)O)NC(=O)[C@H](CN)NC(=O)[C@H]([C@@H](C)CC)NC(=O)[C@H](CC(C)C)N(C)C(=O)[C@@H]1C. The molecule has 1 aliphatic heterocycles. The summed E-state index contributed by atoms with van der Waals surface area (Å²) in [5, 5.41) is 20.5. The molecular weight excluding hydrogens is 644 g/mol. The number of unbranched alkanes of at least 4 members (excludes halogenated alkanes) is 7. The first-order valence-electron chi connectivity index (χ1n) is 18.6. The van der Waals surface area contributed by atoms with Crippen molar-refractivity contribution in [3.8, 4) is 0 Å².